The van der Waals surface area contributed by atoms with E-state index in [0.717, 1.165) is 25.9 Å². The summed E-state index contributed by atoms with van der Waals surface area (Å²) in [5.41, 5.74) is 0. The minimum Gasteiger partial charge on any atom is -0.469 e. The van der Waals surface area contributed by atoms with Crippen molar-refractivity contribution in [2.75, 3.05) is 26.8 Å². The molecule has 0 saturated carbocycles. The van der Waals surface area contributed by atoms with Crippen molar-refractivity contribution in [1.82, 2.24) is 4.90 Å². The van der Waals surface area contributed by atoms with Gasteiger partial charge in [-0.15, -0.1) is 0 Å². The maximum absolute atomic E-state index is 12.3. The normalized spacial score (nSPS) is 18.3. The van der Waals surface area contributed by atoms with Gasteiger partial charge in [-0.05, 0) is 25.2 Å². The van der Waals surface area contributed by atoms with E-state index in [9.17, 15) is 9.59 Å². The van der Waals surface area contributed by atoms with E-state index in [-0.39, 0.29) is 24.4 Å². The van der Waals surface area contributed by atoms with Gasteiger partial charge in [0.2, 0.25) is 5.91 Å². The van der Waals surface area contributed by atoms with Crippen LogP contribution >= 0.6 is 0 Å². The van der Waals surface area contributed by atoms with Crippen LogP contribution in [0.4, 0.5) is 0 Å². The Bertz CT molecular complexity index is 311. The van der Waals surface area contributed by atoms with E-state index in [2.05, 4.69) is 18.6 Å². The predicted octanol–water partition coefficient (Wildman–Crippen LogP) is 1.99. The molecule has 1 fully saturated rings. The zero-order chi connectivity index (χ0) is 15.0. The van der Waals surface area contributed by atoms with Crippen LogP contribution < -0.4 is 0 Å². The average Bonchev–Trinajstić information content (AvgIpc) is 2.93. The molecule has 1 saturated heterocycles. The van der Waals surface area contributed by atoms with Crippen LogP contribution in [0.15, 0.2) is 0 Å². The van der Waals surface area contributed by atoms with Crippen LogP contribution in [0.25, 0.3) is 0 Å². The lowest BCUT2D eigenvalue weighted by Gasteiger charge is -2.25. The zero-order valence-corrected chi connectivity index (χ0v) is 12.9. The summed E-state index contributed by atoms with van der Waals surface area (Å²) in [6, 6.07) is 0. The number of rotatable bonds is 8. The average molecular weight is 285 g/mol. The number of carbonyl (C=O) groups is 2. The molecule has 1 heterocycles. The summed E-state index contributed by atoms with van der Waals surface area (Å²) in [5.74, 6) is 0.334. The molecular formula is C15H27NO4. The summed E-state index contributed by atoms with van der Waals surface area (Å²) < 4.78 is 10.2. The molecule has 1 aliphatic rings. The van der Waals surface area contributed by atoms with Crippen molar-refractivity contribution in [1.29, 1.82) is 0 Å². The Morgan fingerprint density at radius 2 is 2.10 bits per heavy atom. The van der Waals surface area contributed by atoms with Gasteiger partial charge >= 0.3 is 5.97 Å². The molecule has 0 aromatic carbocycles. The standard InChI is InChI=1S/C15H27NO4/c1-12(2)6-7-14(17)16(9-8-15(18)19-3)11-13-5-4-10-20-13/h12-13H,4-11H2,1-3H3/t13-/m0/s1. The van der Waals surface area contributed by atoms with Crippen molar-refractivity contribution in [2.45, 2.75) is 52.1 Å². The van der Waals surface area contributed by atoms with Crippen LogP contribution in [-0.2, 0) is 19.1 Å². The first-order chi connectivity index (χ1) is 9.52. The predicted molar refractivity (Wildman–Crippen MR) is 76.3 cm³/mol. The van der Waals surface area contributed by atoms with Crippen molar-refractivity contribution >= 4 is 11.9 Å². The first kappa shape index (κ1) is 17.0. The topological polar surface area (TPSA) is 55.8 Å². The van der Waals surface area contributed by atoms with E-state index < -0.39 is 0 Å². The van der Waals surface area contributed by atoms with Crippen molar-refractivity contribution < 1.29 is 19.1 Å². The Morgan fingerprint density at radius 3 is 2.65 bits per heavy atom. The molecule has 1 atom stereocenters. The third-order valence-electron chi connectivity index (χ3n) is 3.55. The Hall–Kier alpha value is -1.10. The monoisotopic (exact) mass is 285 g/mol. The van der Waals surface area contributed by atoms with Crippen LogP contribution in [-0.4, -0.2) is 49.7 Å². The first-order valence-electron chi connectivity index (χ1n) is 7.49. The number of ether oxygens (including phenoxy) is 2. The highest BCUT2D eigenvalue weighted by Crippen LogP contribution is 2.15. The maximum atomic E-state index is 12.3. The Labute approximate surface area is 121 Å². The quantitative estimate of drug-likeness (QED) is 0.640. The smallest absolute Gasteiger partial charge is 0.307 e. The highest BCUT2D eigenvalue weighted by molar-refractivity contribution is 5.77. The third kappa shape index (κ3) is 6.37. The van der Waals surface area contributed by atoms with Gasteiger partial charge in [-0.3, -0.25) is 9.59 Å². The van der Waals surface area contributed by atoms with Gasteiger partial charge in [-0.2, -0.15) is 0 Å². The van der Waals surface area contributed by atoms with E-state index in [1.54, 1.807) is 4.90 Å². The third-order valence-corrected chi connectivity index (χ3v) is 3.55. The van der Waals surface area contributed by atoms with Crippen molar-refractivity contribution in [2.24, 2.45) is 5.92 Å². The Morgan fingerprint density at radius 1 is 1.35 bits per heavy atom. The molecule has 20 heavy (non-hydrogen) atoms. The molecule has 0 spiro atoms. The second kappa shape index (κ2) is 8.95. The lowest BCUT2D eigenvalue weighted by molar-refractivity contribution is -0.142. The van der Waals surface area contributed by atoms with E-state index in [1.807, 2.05) is 0 Å². The number of hydrogen-bond acceptors (Lipinski definition) is 4. The summed E-state index contributed by atoms with van der Waals surface area (Å²) in [6.45, 7) is 5.99. The molecule has 0 bridgehead atoms. The van der Waals surface area contributed by atoms with Crippen LogP contribution in [0.5, 0.6) is 0 Å². The molecule has 1 aliphatic heterocycles. The number of carbonyl (C=O) groups excluding carboxylic acids is 2. The molecule has 0 aromatic rings. The van der Waals surface area contributed by atoms with Crippen LogP contribution in [0.3, 0.4) is 0 Å². The van der Waals surface area contributed by atoms with Gasteiger partial charge in [0.25, 0.3) is 0 Å². The zero-order valence-electron chi connectivity index (χ0n) is 12.9. The van der Waals surface area contributed by atoms with Crippen LogP contribution in [0.2, 0.25) is 0 Å². The molecule has 0 unspecified atom stereocenters. The highest BCUT2D eigenvalue weighted by atomic mass is 16.5. The Kier molecular flexibility index (Phi) is 7.59. The van der Waals surface area contributed by atoms with Gasteiger partial charge in [0.1, 0.15) is 0 Å². The van der Waals surface area contributed by atoms with Gasteiger partial charge in [0.05, 0.1) is 19.6 Å². The minimum absolute atomic E-state index is 0.109. The summed E-state index contributed by atoms with van der Waals surface area (Å²) in [4.78, 5) is 25.3. The lowest BCUT2D eigenvalue weighted by atomic mass is 10.1. The van der Waals surface area contributed by atoms with Crippen molar-refractivity contribution in [3.05, 3.63) is 0 Å². The summed E-state index contributed by atoms with van der Waals surface area (Å²) in [6.07, 6.45) is 3.82. The molecule has 0 aromatic heterocycles. The highest BCUT2D eigenvalue weighted by Gasteiger charge is 2.23. The number of hydrogen-bond donors (Lipinski definition) is 0. The summed E-state index contributed by atoms with van der Waals surface area (Å²) >= 11 is 0. The second-order valence-electron chi connectivity index (χ2n) is 5.73. The van der Waals surface area contributed by atoms with Gasteiger partial charge < -0.3 is 14.4 Å². The fourth-order valence-electron chi connectivity index (χ4n) is 2.25. The summed E-state index contributed by atoms with van der Waals surface area (Å²) in [5, 5.41) is 0. The number of amides is 1. The SMILES string of the molecule is COC(=O)CCN(C[C@@H]1CCCO1)C(=O)CCC(C)C. The fraction of sp³-hybridized carbons (Fsp3) is 0.867. The Balaban J connectivity index is 2.47. The maximum Gasteiger partial charge on any atom is 0.307 e. The number of nitrogens with zero attached hydrogens (tertiary/aromatic N) is 1. The largest absolute Gasteiger partial charge is 0.469 e. The molecule has 0 N–H and O–H groups in total. The molecule has 1 amide bonds. The molecule has 1 rings (SSSR count). The minimum atomic E-state index is -0.279. The van der Waals surface area contributed by atoms with E-state index in [4.69, 9.17) is 4.74 Å². The van der Waals surface area contributed by atoms with E-state index >= 15 is 0 Å². The molecule has 0 radical (unpaired) electrons. The molecule has 0 aliphatic carbocycles. The fourth-order valence-corrected chi connectivity index (χ4v) is 2.25. The van der Waals surface area contributed by atoms with E-state index in [1.165, 1.54) is 7.11 Å². The lowest BCUT2D eigenvalue weighted by Crippen LogP contribution is -2.38. The second-order valence-corrected chi connectivity index (χ2v) is 5.73. The van der Waals surface area contributed by atoms with Crippen LogP contribution in [0, 0.1) is 5.92 Å². The number of esters is 1. The van der Waals surface area contributed by atoms with Gasteiger partial charge in [0.15, 0.2) is 0 Å². The first-order valence-corrected chi connectivity index (χ1v) is 7.49. The van der Waals surface area contributed by atoms with Crippen LogP contribution in [0.1, 0.15) is 46.0 Å². The van der Waals surface area contributed by atoms with Gasteiger partial charge in [-0.25, -0.2) is 0 Å². The molecule has 5 nitrogen and oxygen atoms in total. The van der Waals surface area contributed by atoms with Crippen molar-refractivity contribution in [3.8, 4) is 0 Å². The van der Waals surface area contributed by atoms with Gasteiger partial charge in [0, 0.05) is 26.1 Å². The summed E-state index contributed by atoms with van der Waals surface area (Å²) in [7, 11) is 1.37. The molecule has 5 heteroatoms. The van der Waals surface area contributed by atoms with Crippen molar-refractivity contribution in [3.63, 3.8) is 0 Å². The number of methoxy groups -OCH3 is 1. The van der Waals surface area contributed by atoms with E-state index in [0.29, 0.717) is 25.4 Å². The van der Waals surface area contributed by atoms with Gasteiger partial charge in [-0.1, -0.05) is 13.8 Å². The molecular weight excluding hydrogens is 258 g/mol. The molecule has 116 valence electrons.